The molecule has 3 amide bonds. The number of piperidine rings is 2. The van der Waals surface area contributed by atoms with Gasteiger partial charge in [0.15, 0.2) is 0 Å². The Bertz CT molecular complexity index is 609. The molecule has 2 fully saturated rings. The lowest BCUT2D eigenvalue weighted by Gasteiger charge is -2.49. The van der Waals surface area contributed by atoms with Crippen molar-refractivity contribution in [1.82, 2.24) is 15.1 Å². The third kappa shape index (κ3) is 3.65. The van der Waals surface area contributed by atoms with E-state index < -0.39 is 0 Å². The van der Waals surface area contributed by atoms with Crippen molar-refractivity contribution in [3.63, 3.8) is 0 Å². The van der Waals surface area contributed by atoms with Gasteiger partial charge < -0.3 is 15.1 Å². The van der Waals surface area contributed by atoms with Crippen LogP contribution in [0.5, 0.6) is 0 Å². The van der Waals surface area contributed by atoms with Crippen LogP contribution in [0.1, 0.15) is 44.6 Å². The molecule has 0 unspecified atom stereocenters. The first-order chi connectivity index (χ1) is 12.1. The van der Waals surface area contributed by atoms with Gasteiger partial charge in [0, 0.05) is 32.7 Å². The first-order valence-electron chi connectivity index (χ1n) is 9.45. The molecular formula is C20H29N3O2. The van der Waals surface area contributed by atoms with E-state index in [9.17, 15) is 9.59 Å². The molecule has 2 saturated heterocycles. The van der Waals surface area contributed by atoms with Crippen molar-refractivity contribution in [1.29, 1.82) is 0 Å². The number of likely N-dealkylation sites (N-methyl/N-ethyl adjacent to an activating group) is 1. The molecule has 1 aromatic rings. The van der Waals surface area contributed by atoms with E-state index in [-0.39, 0.29) is 23.3 Å². The maximum atomic E-state index is 12.9. The van der Waals surface area contributed by atoms with Gasteiger partial charge in [0.25, 0.3) is 0 Å². The average Bonchev–Trinajstić information content (AvgIpc) is 2.65. The number of amides is 3. The molecule has 0 radical (unpaired) electrons. The molecule has 1 atom stereocenters. The standard InChI is InChI=1S/C20H29N3O2/c1-3-21-19(25)23-12-10-20(11-13-23)14-17(16-8-6-5-7-9-16)18(24)22(4-2)15-20/h5-9,17H,3-4,10-15H2,1-2H3,(H,21,25)/t17-/m1/s1. The summed E-state index contributed by atoms with van der Waals surface area (Å²) in [5.41, 5.74) is 1.25. The molecule has 5 heteroatoms. The summed E-state index contributed by atoms with van der Waals surface area (Å²) in [7, 11) is 0. The zero-order valence-corrected chi connectivity index (χ0v) is 15.3. The van der Waals surface area contributed by atoms with Crippen LogP contribution in [0, 0.1) is 5.41 Å². The van der Waals surface area contributed by atoms with Gasteiger partial charge in [-0.15, -0.1) is 0 Å². The van der Waals surface area contributed by atoms with E-state index in [1.807, 2.05) is 34.9 Å². The highest BCUT2D eigenvalue weighted by atomic mass is 16.2. The van der Waals surface area contributed by atoms with Crippen molar-refractivity contribution < 1.29 is 9.59 Å². The summed E-state index contributed by atoms with van der Waals surface area (Å²) >= 11 is 0. The monoisotopic (exact) mass is 343 g/mol. The second-order valence-corrected chi connectivity index (χ2v) is 7.34. The van der Waals surface area contributed by atoms with E-state index in [0.29, 0.717) is 6.54 Å². The number of carbonyl (C=O) groups is 2. The minimum Gasteiger partial charge on any atom is -0.342 e. The summed E-state index contributed by atoms with van der Waals surface area (Å²) < 4.78 is 0. The van der Waals surface area contributed by atoms with Gasteiger partial charge in [0.1, 0.15) is 0 Å². The molecule has 2 aliphatic heterocycles. The number of carbonyl (C=O) groups excluding carboxylic acids is 2. The third-order valence-corrected chi connectivity index (χ3v) is 5.80. The first-order valence-corrected chi connectivity index (χ1v) is 9.45. The van der Waals surface area contributed by atoms with Gasteiger partial charge in [-0.05, 0) is 44.1 Å². The van der Waals surface area contributed by atoms with Crippen LogP contribution in [0.25, 0.3) is 0 Å². The number of hydrogen-bond donors (Lipinski definition) is 1. The molecule has 0 bridgehead atoms. The smallest absolute Gasteiger partial charge is 0.317 e. The second kappa shape index (κ2) is 7.46. The van der Waals surface area contributed by atoms with Gasteiger partial charge >= 0.3 is 6.03 Å². The van der Waals surface area contributed by atoms with E-state index >= 15 is 0 Å². The fraction of sp³-hybridized carbons (Fsp3) is 0.600. The zero-order valence-electron chi connectivity index (χ0n) is 15.3. The lowest BCUT2D eigenvalue weighted by molar-refractivity contribution is -0.141. The second-order valence-electron chi connectivity index (χ2n) is 7.34. The summed E-state index contributed by atoms with van der Waals surface area (Å²) in [5.74, 6) is 0.205. The van der Waals surface area contributed by atoms with Crippen molar-refractivity contribution in [3.8, 4) is 0 Å². The molecular weight excluding hydrogens is 314 g/mol. The number of rotatable bonds is 3. The van der Waals surface area contributed by atoms with Crippen molar-refractivity contribution in [2.75, 3.05) is 32.7 Å². The molecule has 0 aliphatic carbocycles. The molecule has 1 aromatic carbocycles. The Labute approximate surface area is 150 Å². The van der Waals surface area contributed by atoms with Crippen molar-refractivity contribution >= 4 is 11.9 Å². The summed E-state index contributed by atoms with van der Waals surface area (Å²) in [5, 5.41) is 2.89. The van der Waals surface area contributed by atoms with Crippen LogP contribution in [0.2, 0.25) is 0 Å². The highest BCUT2D eigenvalue weighted by Gasteiger charge is 2.46. The maximum Gasteiger partial charge on any atom is 0.317 e. The number of nitrogens with one attached hydrogen (secondary N) is 1. The highest BCUT2D eigenvalue weighted by molar-refractivity contribution is 5.84. The molecule has 1 N–H and O–H groups in total. The van der Waals surface area contributed by atoms with E-state index in [0.717, 1.165) is 51.0 Å². The number of benzene rings is 1. The number of likely N-dealkylation sites (tertiary alicyclic amines) is 2. The highest BCUT2D eigenvalue weighted by Crippen LogP contribution is 2.45. The molecule has 136 valence electrons. The zero-order chi connectivity index (χ0) is 17.9. The Morgan fingerprint density at radius 3 is 2.48 bits per heavy atom. The topological polar surface area (TPSA) is 52.7 Å². The van der Waals surface area contributed by atoms with Crippen LogP contribution < -0.4 is 5.32 Å². The van der Waals surface area contributed by atoms with Crippen LogP contribution in [-0.4, -0.2) is 54.5 Å². The lowest BCUT2D eigenvalue weighted by atomic mass is 9.67. The third-order valence-electron chi connectivity index (χ3n) is 5.80. The molecule has 0 saturated carbocycles. The largest absolute Gasteiger partial charge is 0.342 e. The van der Waals surface area contributed by atoms with Crippen molar-refractivity contribution in [2.45, 2.75) is 39.0 Å². The lowest BCUT2D eigenvalue weighted by Crippen LogP contribution is -2.55. The van der Waals surface area contributed by atoms with Crippen LogP contribution in [0.3, 0.4) is 0 Å². The summed E-state index contributed by atoms with van der Waals surface area (Å²) in [6.07, 6.45) is 2.84. The Kier molecular flexibility index (Phi) is 5.30. The van der Waals surface area contributed by atoms with E-state index in [1.54, 1.807) is 0 Å². The Balaban J connectivity index is 1.76. The number of hydrogen-bond acceptors (Lipinski definition) is 2. The van der Waals surface area contributed by atoms with Gasteiger partial charge in [0.2, 0.25) is 5.91 Å². The fourth-order valence-corrected chi connectivity index (χ4v) is 4.31. The summed E-state index contributed by atoms with van der Waals surface area (Å²) in [6, 6.07) is 10.2. The van der Waals surface area contributed by atoms with Gasteiger partial charge in [-0.25, -0.2) is 4.79 Å². The average molecular weight is 343 g/mol. The molecule has 25 heavy (non-hydrogen) atoms. The number of nitrogens with zero attached hydrogens (tertiary/aromatic N) is 2. The van der Waals surface area contributed by atoms with Gasteiger partial charge in [-0.3, -0.25) is 4.79 Å². The molecule has 2 heterocycles. The van der Waals surface area contributed by atoms with Crippen molar-refractivity contribution in [2.24, 2.45) is 5.41 Å². The SMILES string of the molecule is CCNC(=O)N1CCC2(CC1)C[C@H](c1ccccc1)C(=O)N(CC)C2. The maximum absolute atomic E-state index is 12.9. The first kappa shape index (κ1) is 17.8. The molecule has 5 nitrogen and oxygen atoms in total. The summed E-state index contributed by atoms with van der Waals surface area (Å²) in [6.45, 7) is 7.80. The minimum atomic E-state index is -0.0501. The summed E-state index contributed by atoms with van der Waals surface area (Å²) in [4.78, 5) is 28.9. The molecule has 3 rings (SSSR count). The molecule has 1 spiro atoms. The van der Waals surface area contributed by atoms with Crippen LogP contribution in [0.4, 0.5) is 4.79 Å². The van der Waals surface area contributed by atoms with E-state index in [4.69, 9.17) is 0 Å². The van der Waals surface area contributed by atoms with Crippen LogP contribution in [0.15, 0.2) is 30.3 Å². The van der Waals surface area contributed by atoms with Crippen LogP contribution in [-0.2, 0) is 4.79 Å². The predicted molar refractivity (Wildman–Crippen MR) is 98.4 cm³/mol. The van der Waals surface area contributed by atoms with Crippen molar-refractivity contribution in [3.05, 3.63) is 35.9 Å². The van der Waals surface area contributed by atoms with Gasteiger partial charge in [0.05, 0.1) is 5.92 Å². The van der Waals surface area contributed by atoms with Crippen LogP contribution >= 0.6 is 0 Å². The normalized spacial score (nSPS) is 23.0. The fourth-order valence-electron chi connectivity index (χ4n) is 4.31. The Hall–Kier alpha value is -2.04. The van der Waals surface area contributed by atoms with Gasteiger partial charge in [-0.1, -0.05) is 30.3 Å². The Morgan fingerprint density at radius 2 is 1.88 bits per heavy atom. The van der Waals surface area contributed by atoms with E-state index in [1.165, 1.54) is 0 Å². The molecule has 0 aromatic heterocycles. The predicted octanol–water partition coefficient (Wildman–Crippen LogP) is 2.83. The van der Waals surface area contributed by atoms with E-state index in [2.05, 4.69) is 24.4 Å². The molecule has 2 aliphatic rings. The Morgan fingerprint density at radius 1 is 1.20 bits per heavy atom. The quantitative estimate of drug-likeness (QED) is 0.917. The van der Waals surface area contributed by atoms with Gasteiger partial charge in [-0.2, -0.15) is 0 Å². The minimum absolute atomic E-state index is 0.0381. The number of urea groups is 1.